The number of rotatable bonds is 11. The summed E-state index contributed by atoms with van der Waals surface area (Å²) in [5.74, 6) is 0.0146. The average Bonchev–Trinajstić information content (AvgIpc) is 3.74. The van der Waals surface area contributed by atoms with Gasteiger partial charge in [-0.15, -0.1) is 0 Å². The fraction of sp³-hybridized carbons (Fsp3) is 0.188. The summed E-state index contributed by atoms with van der Waals surface area (Å²) >= 11 is 0. The summed E-state index contributed by atoms with van der Waals surface area (Å²) < 4.78 is 28.6. The molecule has 12 heteroatoms. The average molecular weight is 599 g/mol. The number of nitrogens with one attached hydrogen (secondary N) is 2. The first-order valence-electron chi connectivity index (χ1n) is 13.6. The maximum Gasteiger partial charge on any atom is 0.338 e. The molecule has 2 aromatic carbocycles. The second-order valence-corrected chi connectivity index (χ2v) is 9.38. The van der Waals surface area contributed by atoms with E-state index in [2.05, 4.69) is 10.6 Å². The van der Waals surface area contributed by atoms with Gasteiger partial charge in [-0.05, 0) is 55.5 Å². The van der Waals surface area contributed by atoms with Gasteiger partial charge in [0.25, 0.3) is 0 Å². The zero-order chi connectivity index (χ0) is 31.1. The van der Waals surface area contributed by atoms with E-state index in [1.807, 2.05) is 36.4 Å². The van der Waals surface area contributed by atoms with Crippen LogP contribution in [0.5, 0.6) is 11.5 Å². The van der Waals surface area contributed by atoms with Crippen LogP contribution < -0.4 is 20.1 Å². The van der Waals surface area contributed by atoms with Gasteiger partial charge in [0, 0.05) is 23.4 Å². The number of benzene rings is 2. The molecule has 0 radical (unpaired) electrons. The molecule has 0 saturated heterocycles. The Morgan fingerprint density at radius 3 is 2.52 bits per heavy atom. The predicted molar refractivity (Wildman–Crippen MR) is 159 cm³/mol. The van der Waals surface area contributed by atoms with Crippen molar-refractivity contribution in [3.05, 3.63) is 102 Å². The van der Waals surface area contributed by atoms with Crippen molar-refractivity contribution in [2.45, 2.75) is 13.0 Å². The largest absolute Gasteiger partial charge is 0.493 e. The van der Waals surface area contributed by atoms with Gasteiger partial charge < -0.3 is 34.0 Å². The summed E-state index contributed by atoms with van der Waals surface area (Å²) in [5, 5.41) is 9.95. The van der Waals surface area contributed by atoms with E-state index in [0.29, 0.717) is 28.5 Å². The van der Waals surface area contributed by atoms with Crippen LogP contribution in [0.2, 0.25) is 0 Å². The van der Waals surface area contributed by atoms with E-state index in [0.717, 1.165) is 11.3 Å². The monoisotopic (exact) mass is 598 g/mol. The van der Waals surface area contributed by atoms with E-state index in [1.165, 1.54) is 12.3 Å². The molecule has 2 aromatic heterocycles. The summed E-state index contributed by atoms with van der Waals surface area (Å²) in [6, 6.07) is 16.7. The minimum atomic E-state index is -0.921. The highest BCUT2D eigenvalue weighted by atomic mass is 16.5. The van der Waals surface area contributed by atoms with Crippen LogP contribution in [0.4, 0.5) is 4.79 Å². The first-order chi connectivity index (χ1) is 21.4. The molecule has 12 nitrogen and oxygen atoms in total. The molecule has 0 fully saturated rings. The van der Waals surface area contributed by atoms with Crippen molar-refractivity contribution < 1.29 is 37.7 Å². The Morgan fingerprint density at radius 1 is 1.02 bits per heavy atom. The van der Waals surface area contributed by atoms with E-state index in [4.69, 9.17) is 28.5 Å². The molecule has 4 aromatic rings. The number of hydrogen-bond donors (Lipinski definition) is 2. The standard InChI is InChI=1S/C32H30N4O8/c1-4-42-31(38)28-23(33-32(39)34-30(28)25-11-8-16-43-25)19-44-27(37)15-13-21-18-36(22-9-6-5-7-10-22)35-29(21)20-12-14-24(40-2)26(17-20)41-3/h5-18,30H,4,19H2,1-3H3,(H2,33,34,39)/b15-13+. The van der Waals surface area contributed by atoms with E-state index >= 15 is 0 Å². The van der Waals surface area contributed by atoms with Crippen molar-refractivity contribution in [1.29, 1.82) is 0 Å². The van der Waals surface area contributed by atoms with Crippen LogP contribution >= 0.6 is 0 Å². The third kappa shape index (κ3) is 6.49. The molecule has 2 N–H and O–H groups in total. The second-order valence-electron chi connectivity index (χ2n) is 9.38. The molecule has 0 saturated carbocycles. The van der Waals surface area contributed by atoms with Gasteiger partial charge >= 0.3 is 18.0 Å². The molecule has 0 aliphatic carbocycles. The smallest absolute Gasteiger partial charge is 0.338 e. The van der Waals surface area contributed by atoms with Crippen LogP contribution in [0, 0.1) is 0 Å². The number of aromatic nitrogens is 2. The predicted octanol–water partition coefficient (Wildman–Crippen LogP) is 4.58. The zero-order valence-corrected chi connectivity index (χ0v) is 24.2. The Morgan fingerprint density at radius 2 is 1.82 bits per heavy atom. The topological polar surface area (TPSA) is 143 Å². The van der Waals surface area contributed by atoms with Crippen molar-refractivity contribution >= 4 is 24.0 Å². The van der Waals surface area contributed by atoms with Crippen molar-refractivity contribution in [3.63, 3.8) is 0 Å². The minimum Gasteiger partial charge on any atom is -0.493 e. The molecule has 0 bridgehead atoms. The summed E-state index contributed by atoms with van der Waals surface area (Å²) in [6.07, 6.45) is 6.03. The number of hydrogen-bond acceptors (Lipinski definition) is 9. The SMILES string of the molecule is CCOC(=O)C1=C(COC(=O)/C=C/c2cn(-c3ccccc3)nc2-c2ccc(OC)c(OC)c2)NC(=O)NC1c1ccco1. The number of carbonyl (C=O) groups excluding carboxylic acids is 3. The zero-order valence-electron chi connectivity index (χ0n) is 24.2. The molecule has 5 rings (SSSR count). The summed E-state index contributed by atoms with van der Waals surface area (Å²) in [5.41, 5.74) is 2.91. The lowest BCUT2D eigenvalue weighted by molar-refractivity contribution is -0.140. The van der Waals surface area contributed by atoms with Crippen LogP contribution in [0.25, 0.3) is 23.0 Å². The summed E-state index contributed by atoms with van der Waals surface area (Å²) in [6.45, 7) is 1.37. The molecule has 44 heavy (non-hydrogen) atoms. The Labute approximate surface area is 252 Å². The molecular formula is C32H30N4O8. The van der Waals surface area contributed by atoms with Gasteiger partial charge in [0.1, 0.15) is 24.1 Å². The molecule has 1 aliphatic rings. The fourth-order valence-electron chi connectivity index (χ4n) is 4.63. The molecule has 226 valence electrons. The van der Waals surface area contributed by atoms with E-state index < -0.39 is 30.6 Å². The van der Waals surface area contributed by atoms with Crippen LogP contribution in [0.3, 0.4) is 0 Å². The summed E-state index contributed by atoms with van der Waals surface area (Å²) in [4.78, 5) is 38.2. The third-order valence-corrected chi connectivity index (χ3v) is 6.65. The molecule has 0 spiro atoms. The van der Waals surface area contributed by atoms with E-state index in [9.17, 15) is 14.4 Å². The van der Waals surface area contributed by atoms with Gasteiger partial charge in [-0.2, -0.15) is 5.10 Å². The molecule has 1 aliphatic heterocycles. The van der Waals surface area contributed by atoms with Crippen molar-refractivity contribution in [2.75, 3.05) is 27.4 Å². The number of furan rings is 1. The Bertz CT molecular complexity index is 1710. The minimum absolute atomic E-state index is 0.0676. The van der Waals surface area contributed by atoms with Crippen LogP contribution in [-0.2, 0) is 19.1 Å². The van der Waals surface area contributed by atoms with E-state index in [-0.39, 0.29) is 17.9 Å². The van der Waals surface area contributed by atoms with Crippen LogP contribution in [0.15, 0.2) is 94.9 Å². The number of methoxy groups -OCH3 is 2. The highest BCUT2D eigenvalue weighted by molar-refractivity contribution is 5.95. The van der Waals surface area contributed by atoms with Gasteiger partial charge in [-0.3, -0.25) is 0 Å². The number of esters is 2. The highest BCUT2D eigenvalue weighted by Gasteiger charge is 2.35. The maximum absolute atomic E-state index is 12.9. The van der Waals surface area contributed by atoms with Gasteiger partial charge in [-0.25, -0.2) is 19.1 Å². The summed E-state index contributed by atoms with van der Waals surface area (Å²) in [7, 11) is 3.10. The number of urea groups is 1. The first kappa shape index (κ1) is 29.7. The van der Waals surface area contributed by atoms with E-state index in [1.54, 1.807) is 62.4 Å². The number of carbonyl (C=O) groups is 3. The van der Waals surface area contributed by atoms with Crippen LogP contribution in [-0.4, -0.2) is 55.2 Å². The number of para-hydroxylation sites is 1. The Hall–Kier alpha value is -5.78. The quantitative estimate of drug-likeness (QED) is 0.187. The molecule has 1 atom stereocenters. The second kappa shape index (κ2) is 13.5. The maximum atomic E-state index is 12.9. The Kier molecular flexibility index (Phi) is 9.09. The fourth-order valence-corrected chi connectivity index (χ4v) is 4.63. The van der Waals surface area contributed by atoms with Gasteiger partial charge in [0.2, 0.25) is 0 Å². The van der Waals surface area contributed by atoms with Gasteiger partial charge in [0.05, 0.1) is 44.0 Å². The third-order valence-electron chi connectivity index (χ3n) is 6.65. The Balaban J connectivity index is 1.42. The number of amides is 2. The lowest BCUT2D eigenvalue weighted by atomic mass is 10.0. The lowest BCUT2D eigenvalue weighted by Gasteiger charge is -2.27. The van der Waals surface area contributed by atoms with Gasteiger partial charge in [-0.1, -0.05) is 18.2 Å². The van der Waals surface area contributed by atoms with Crippen LogP contribution in [0.1, 0.15) is 24.3 Å². The normalized spacial score (nSPS) is 14.6. The number of ether oxygens (including phenoxy) is 4. The van der Waals surface area contributed by atoms with Crippen molar-refractivity contribution in [1.82, 2.24) is 20.4 Å². The lowest BCUT2D eigenvalue weighted by Crippen LogP contribution is -2.47. The molecule has 3 heterocycles. The van der Waals surface area contributed by atoms with Crippen molar-refractivity contribution in [3.8, 4) is 28.4 Å². The molecule has 2 amide bonds. The molecular weight excluding hydrogens is 568 g/mol. The molecule has 1 unspecified atom stereocenters. The van der Waals surface area contributed by atoms with Gasteiger partial charge in [0.15, 0.2) is 11.5 Å². The first-order valence-corrected chi connectivity index (χ1v) is 13.6. The van der Waals surface area contributed by atoms with Crippen molar-refractivity contribution in [2.24, 2.45) is 0 Å². The highest BCUT2D eigenvalue weighted by Crippen LogP contribution is 2.34. The number of nitrogens with zero attached hydrogens (tertiary/aromatic N) is 2.